The van der Waals surface area contributed by atoms with Crippen molar-refractivity contribution >= 4 is 5.70 Å². The number of benzene rings is 1. The van der Waals surface area contributed by atoms with E-state index >= 15 is 0 Å². The number of fused-ring (bicyclic) bond motifs is 3. The van der Waals surface area contributed by atoms with Crippen molar-refractivity contribution in [2.45, 2.75) is 46.0 Å². The normalized spacial score (nSPS) is 39.9. The third kappa shape index (κ3) is 1.30. The molecular formula is C19H25NO. The highest BCUT2D eigenvalue weighted by Gasteiger charge is 2.69. The molecule has 3 saturated carbocycles. The molecule has 1 aromatic rings. The minimum Gasteiger partial charge on any atom is -0.509 e. The molecule has 0 amide bonds. The Hall–Kier alpha value is -1.44. The molecule has 0 radical (unpaired) electrons. The Morgan fingerprint density at radius 3 is 2.57 bits per heavy atom. The third-order valence-corrected chi connectivity index (χ3v) is 7.26. The van der Waals surface area contributed by atoms with Crippen molar-refractivity contribution in [2.24, 2.45) is 28.4 Å². The van der Waals surface area contributed by atoms with Crippen LogP contribution in [0.5, 0.6) is 0 Å². The molecule has 0 saturated heterocycles. The summed E-state index contributed by atoms with van der Waals surface area (Å²) in [5.41, 5.74) is 9.56. The van der Waals surface area contributed by atoms with Gasteiger partial charge in [-0.3, -0.25) is 0 Å². The van der Waals surface area contributed by atoms with Gasteiger partial charge in [0.15, 0.2) is 0 Å². The van der Waals surface area contributed by atoms with E-state index in [-0.39, 0.29) is 16.7 Å². The maximum absolute atomic E-state index is 10.8. The Morgan fingerprint density at radius 1 is 1.19 bits per heavy atom. The van der Waals surface area contributed by atoms with Crippen molar-refractivity contribution in [1.82, 2.24) is 0 Å². The average molecular weight is 283 g/mol. The quantitative estimate of drug-likeness (QED) is 0.800. The van der Waals surface area contributed by atoms with Crippen molar-refractivity contribution in [3.05, 3.63) is 41.2 Å². The summed E-state index contributed by atoms with van der Waals surface area (Å²) in [5, 5.41) is 10.8. The van der Waals surface area contributed by atoms with Gasteiger partial charge < -0.3 is 10.8 Å². The zero-order valence-electron chi connectivity index (χ0n) is 13.2. The van der Waals surface area contributed by atoms with E-state index < -0.39 is 0 Å². The van der Waals surface area contributed by atoms with Crippen LogP contribution in [0.25, 0.3) is 5.70 Å². The standard InChI is InChI=1S/C19H25NO/c1-11-8-9-12-10-19(11,18(12,2)3)15-13-6-4-5-7-14(13)16(20)17(15)21/h4-7,11-12,15,21H,8-10,20H2,1-3H3. The van der Waals surface area contributed by atoms with Crippen molar-refractivity contribution < 1.29 is 5.11 Å². The largest absolute Gasteiger partial charge is 0.509 e. The molecule has 2 nitrogen and oxygen atoms in total. The first-order valence-electron chi connectivity index (χ1n) is 8.19. The summed E-state index contributed by atoms with van der Waals surface area (Å²) in [6, 6.07) is 8.30. The molecule has 2 bridgehead atoms. The first kappa shape index (κ1) is 13.2. The maximum Gasteiger partial charge on any atom is 0.124 e. The number of aliphatic hydroxyl groups excluding tert-OH is 1. The lowest BCUT2D eigenvalue weighted by atomic mass is 9.33. The summed E-state index contributed by atoms with van der Waals surface area (Å²) < 4.78 is 0. The molecule has 0 heterocycles. The minimum absolute atomic E-state index is 0.0928. The van der Waals surface area contributed by atoms with E-state index in [1.807, 2.05) is 12.1 Å². The zero-order chi connectivity index (χ0) is 15.0. The van der Waals surface area contributed by atoms with E-state index in [1.54, 1.807) is 0 Å². The van der Waals surface area contributed by atoms with E-state index in [0.717, 1.165) is 11.5 Å². The van der Waals surface area contributed by atoms with Gasteiger partial charge >= 0.3 is 0 Å². The number of allylic oxidation sites excluding steroid dienone is 1. The molecule has 5 rings (SSSR count). The molecule has 21 heavy (non-hydrogen) atoms. The molecule has 112 valence electrons. The fourth-order valence-electron chi connectivity index (χ4n) is 5.91. The molecule has 3 N–H and O–H groups in total. The van der Waals surface area contributed by atoms with E-state index in [4.69, 9.17) is 5.73 Å². The van der Waals surface area contributed by atoms with Crippen LogP contribution in [0.2, 0.25) is 0 Å². The monoisotopic (exact) mass is 283 g/mol. The van der Waals surface area contributed by atoms with E-state index in [1.165, 1.54) is 24.8 Å². The Morgan fingerprint density at radius 2 is 1.90 bits per heavy atom. The Balaban J connectivity index is 1.91. The van der Waals surface area contributed by atoms with Gasteiger partial charge in [0, 0.05) is 5.56 Å². The van der Waals surface area contributed by atoms with Gasteiger partial charge in [-0.2, -0.15) is 0 Å². The van der Waals surface area contributed by atoms with E-state index in [0.29, 0.717) is 17.4 Å². The molecule has 0 aliphatic heterocycles. The molecule has 4 aliphatic rings. The molecule has 4 aliphatic carbocycles. The topological polar surface area (TPSA) is 46.2 Å². The first-order chi connectivity index (χ1) is 9.91. The smallest absolute Gasteiger partial charge is 0.124 e. The number of hydrogen-bond donors (Lipinski definition) is 2. The van der Waals surface area contributed by atoms with Gasteiger partial charge in [-0.15, -0.1) is 0 Å². The second kappa shape index (κ2) is 3.85. The highest BCUT2D eigenvalue weighted by Crippen LogP contribution is 2.76. The van der Waals surface area contributed by atoms with Crippen LogP contribution in [0.3, 0.4) is 0 Å². The van der Waals surface area contributed by atoms with Crippen LogP contribution in [0.1, 0.15) is 57.1 Å². The van der Waals surface area contributed by atoms with Crippen LogP contribution in [-0.4, -0.2) is 5.11 Å². The third-order valence-electron chi connectivity index (χ3n) is 7.26. The molecule has 4 atom stereocenters. The number of hydrogen-bond acceptors (Lipinski definition) is 2. The lowest BCUT2D eigenvalue weighted by Crippen LogP contribution is -2.64. The van der Waals surface area contributed by atoms with E-state index in [2.05, 4.69) is 32.9 Å². The van der Waals surface area contributed by atoms with Gasteiger partial charge in [0.05, 0.1) is 11.6 Å². The van der Waals surface area contributed by atoms with Crippen LogP contribution in [-0.2, 0) is 0 Å². The maximum atomic E-state index is 10.8. The predicted octanol–water partition coefficient (Wildman–Crippen LogP) is 4.43. The SMILES string of the molecule is CC1CCC2CC1(C1C(O)=C(N)c3ccccc31)C2(C)C. The van der Waals surface area contributed by atoms with Gasteiger partial charge in [-0.05, 0) is 47.5 Å². The lowest BCUT2D eigenvalue weighted by Gasteiger charge is -2.71. The Bertz CT molecular complexity index is 645. The summed E-state index contributed by atoms with van der Waals surface area (Å²) >= 11 is 0. The number of rotatable bonds is 1. The minimum atomic E-state index is 0.0928. The second-order valence-corrected chi connectivity index (χ2v) is 7.96. The summed E-state index contributed by atoms with van der Waals surface area (Å²) in [5.74, 6) is 1.95. The molecule has 0 spiro atoms. The highest BCUT2D eigenvalue weighted by atomic mass is 16.3. The predicted molar refractivity (Wildman–Crippen MR) is 85.6 cm³/mol. The zero-order valence-corrected chi connectivity index (χ0v) is 13.2. The molecular weight excluding hydrogens is 258 g/mol. The highest BCUT2D eigenvalue weighted by molar-refractivity contribution is 5.75. The lowest BCUT2D eigenvalue weighted by molar-refractivity contribution is -0.207. The fraction of sp³-hybridized carbons (Fsp3) is 0.579. The molecule has 0 aromatic heterocycles. The summed E-state index contributed by atoms with van der Waals surface area (Å²) in [7, 11) is 0. The summed E-state index contributed by atoms with van der Waals surface area (Å²) in [4.78, 5) is 0. The van der Waals surface area contributed by atoms with Crippen LogP contribution in [0.4, 0.5) is 0 Å². The summed E-state index contributed by atoms with van der Waals surface area (Å²) in [6.45, 7) is 7.18. The van der Waals surface area contributed by atoms with Crippen molar-refractivity contribution in [3.8, 4) is 0 Å². The Labute approximate surface area is 127 Å². The van der Waals surface area contributed by atoms with Gasteiger partial charge in [-0.25, -0.2) is 0 Å². The van der Waals surface area contributed by atoms with Crippen LogP contribution in [0.15, 0.2) is 30.0 Å². The second-order valence-electron chi connectivity index (χ2n) is 7.96. The van der Waals surface area contributed by atoms with Gasteiger partial charge in [0.2, 0.25) is 0 Å². The first-order valence-corrected chi connectivity index (χ1v) is 8.19. The molecule has 2 heteroatoms. The Kier molecular flexibility index (Phi) is 2.43. The molecule has 3 fully saturated rings. The van der Waals surface area contributed by atoms with Gasteiger partial charge in [0.25, 0.3) is 0 Å². The molecule has 4 unspecified atom stereocenters. The molecule has 1 aromatic carbocycles. The summed E-state index contributed by atoms with van der Waals surface area (Å²) in [6.07, 6.45) is 3.85. The van der Waals surface area contributed by atoms with Crippen molar-refractivity contribution in [2.75, 3.05) is 0 Å². The van der Waals surface area contributed by atoms with Crippen LogP contribution >= 0.6 is 0 Å². The van der Waals surface area contributed by atoms with Crippen LogP contribution < -0.4 is 5.73 Å². The number of aliphatic hydroxyl groups is 1. The van der Waals surface area contributed by atoms with Crippen molar-refractivity contribution in [1.29, 1.82) is 0 Å². The van der Waals surface area contributed by atoms with Crippen molar-refractivity contribution in [3.63, 3.8) is 0 Å². The van der Waals surface area contributed by atoms with E-state index in [9.17, 15) is 5.11 Å². The average Bonchev–Trinajstić information content (AvgIpc) is 2.72. The van der Waals surface area contributed by atoms with Crippen LogP contribution in [0, 0.1) is 22.7 Å². The number of nitrogens with two attached hydrogens (primary N) is 1. The fourth-order valence-corrected chi connectivity index (χ4v) is 5.91. The van der Waals surface area contributed by atoms with Gasteiger partial charge in [-0.1, -0.05) is 45.0 Å². The van der Waals surface area contributed by atoms with Gasteiger partial charge in [0.1, 0.15) is 5.76 Å².